The fraction of sp³-hybridized carbons (Fsp3) is 0.636. The van der Waals surface area contributed by atoms with Gasteiger partial charge in [-0.3, -0.25) is 4.79 Å². The first-order chi connectivity index (χ1) is 8.72. The van der Waals surface area contributed by atoms with Gasteiger partial charge < -0.3 is 5.32 Å². The zero-order valence-electron chi connectivity index (χ0n) is 10.2. The Balaban J connectivity index is 2.01. The molecular formula is C11H16BrN3OS2. The first-order valence-corrected chi connectivity index (χ1v) is 8.91. The predicted molar refractivity (Wildman–Crippen MR) is 83.9 cm³/mol. The number of anilines is 1. The van der Waals surface area contributed by atoms with Crippen molar-refractivity contribution in [2.24, 2.45) is 0 Å². The predicted octanol–water partition coefficient (Wildman–Crippen LogP) is 2.29. The van der Waals surface area contributed by atoms with Crippen molar-refractivity contribution in [3.05, 3.63) is 21.0 Å². The quantitative estimate of drug-likeness (QED) is 0.903. The van der Waals surface area contributed by atoms with Crippen molar-refractivity contribution in [1.82, 2.24) is 9.78 Å². The summed E-state index contributed by atoms with van der Waals surface area (Å²) in [7, 11) is 0. The highest BCUT2D eigenvalue weighted by molar-refractivity contribution is 9.10. The molecule has 1 aromatic rings. The Morgan fingerprint density at radius 2 is 2.44 bits per heavy atom. The summed E-state index contributed by atoms with van der Waals surface area (Å²) in [4.78, 5) is 11.9. The lowest BCUT2D eigenvalue weighted by molar-refractivity contribution is 0.613. The highest BCUT2D eigenvalue weighted by Gasteiger charge is 2.15. The van der Waals surface area contributed by atoms with Crippen LogP contribution >= 0.6 is 39.5 Å². The van der Waals surface area contributed by atoms with E-state index in [0.29, 0.717) is 16.3 Å². The topological polar surface area (TPSA) is 46.9 Å². The van der Waals surface area contributed by atoms with E-state index in [-0.39, 0.29) is 5.56 Å². The highest BCUT2D eigenvalue weighted by Crippen LogP contribution is 2.25. The van der Waals surface area contributed by atoms with Gasteiger partial charge in [-0.25, -0.2) is 4.68 Å². The van der Waals surface area contributed by atoms with Crippen LogP contribution in [0.4, 0.5) is 5.69 Å². The lowest BCUT2D eigenvalue weighted by atomic mass is 10.4. The van der Waals surface area contributed by atoms with Gasteiger partial charge in [0.1, 0.15) is 4.47 Å². The first-order valence-electron chi connectivity index (χ1n) is 5.91. The van der Waals surface area contributed by atoms with E-state index in [1.807, 2.05) is 30.4 Å². The van der Waals surface area contributed by atoms with E-state index < -0.39 is 0 Å². The average Bonchev–Trinajstić information content (AvgIpc) is 2.42. The molecule has 0 aliphatic carbocycles. The molecule has 7 heteroatoms. The minimum Gasteiger partial charge on any atom is -0.382 e. The van der Waals surface area contributed by atoms with E-state index in [1.165, 1.54) is 21.9 Å². The normalized spacial score (nSPS) is 19.8. The molecule has 4 nitrogen and oxygen atoms in total. The molecule has 1 aliphatic heterocycles. The van der Waals surface area contributed by atoms with Crippen LogP contribution in [0, 0.1) is 0 Å². The van der Waals surface area contributed by atoms with Crippen molar-refractivity contribution in [3.63, 3.8) is 0 Å². The van der Waals surface area contributed by atoms with Crippen LogP contribution in [0.3, 0.4) is 0 Å². The van der Waals surface area contributed by atoms with Gasteiger partial charge in [-0.15, -0.1) is 0 Å². The number of nitrogens with zero attached hydrogens (tertiary/aromatic N) is 2. The third-order valence-corrected chi connectivity index (χ3v) is 6.30. The Morgan fingerprint density at radius 3 is 3.11 bits per heavy atom. The van der Waals surface area contributed by atoms with Crippen molar-refractivity contribution in [2.45, 2.75) is 18.7 Å². The second kappa shape index (κ2) is 6.86. The second-order valence-corrected chi connectivity index (χ2v) is 7.29. The molecule has 1 N–H and O–H groups in total. The zero-order valence-corrected chi connectivity index (χ0v) is 13.4. The SMILES string of the molecule is CCn1ncc(NCC2CSCCS2)c(Br)c1=O. The number of halogens is 1. The van der Waals surface area contributed by atoms with Crippen LogP contribution in [0.5, 0.6) is 0 Å². The van der Waals surface area contributed by atoms with Crippen LogP contribution in [0.25, 0.3) is 0 Å². The smallest absolute Gasteiger partial charge is 0.283 e. The number of hydrogen-bond donors (Lipinski definition) is 1. The van der Waals surface area contributed by atoms with Crippen LogP contribution in [-0.2, 0) is 6.54 Å². The van der Waals surface area contributed by atoms with Gasteiger partial charge in [-0.05, 0) is 22.9 Å². The Morgan fingerprint density at radius 1 is 1.61 bits per heavy atom. The van der Waals surface area contributed by atoms with Crippen molar-refractivity contribution < 1.29 is 0 Å². The van der Waals surface area contributed by atoms with Crippen LogP contribution < -0.4 is 10.9 Å². The molecule has 18 heavy (non-hydrogen) atoms. The van der Waals surface area contributed by atoms with Gasteiger partial charge in [-0.1, -0.05) is 0 Å². The Bertz CT molecular complexity index is 460. The molecule has 2 rings (SSSR count). The van der Waals surface area contributed by atoms with E-state index in [0.717, 1.165) is 12.2 Å². The van der Waals surface area contributed by atoms with Crippen LogP contribution in [0.15, 0.2) is 15.5 Å². The van der Waals surface area contributed by atoms with E-state index in [1.54, 1.807) is 6.20 Å². The molecule has 0 aromatic carbocycles. The van der Waals surface area contributed by atoms with Gasteiger partial charge in [-0.2, -0.15) is 28.6 Å². The molecule has 0 radical (unpaired) electrons. The molecule has 1 unspecified atom stereocenters. The van der Waals surface area contributed by atoms with Crippen LogP contribution in [0.2, 0.25) is 0 Å². The second-order valence-electron chi connectivity index (χ2n) is 3.94. The van der Waals surface area contributed by atoms with Crippen molar-refractivity contribution >= 4 is 45.1 Å². The fourth-order valence-electron chi connectivity index (χ4n) is 1.69. The maximum atomic E-state index is 11.9. The number of thioether (sulfide) groups is 2. The van der Waals surface area contributed by atoms with Gasteiger partial charge in [0.05, 0.1) is 11.9 Å². The summed E-state index contributed by atoms with van der Waals surface area (Å²) >= 11 is 7.34. The van der Waals surface area contributed by atoms with E-state index >= 15 is 0 Å². The zero-order chi connectivity index (χ0) is 13.0. The molecule has 1 atom stereocenters. The summed E-state index contributed by atoms with van der Waals surface area (Å²) < 4.78 is 2.02. The lowest BCUT2D eigenvalue weighted by Gasteiger charge is -2.21. The molecule has 1 aliphatic rings. The molecule has 1 saturated heterocycles. The molecule has 0 saturated carbocycles. The Labute approximate surface area is 123 Å². The number of aryl methyl sites for hydroxylation is 1. The van der Waals surface area contributed by atoms with Gasteiger partial charge in [0, 0.05) is 35.6 Å². The molecule has 0 bridgehead atoms. The van der Waals surface area contributed by atoms with Gasteiger partial charge >= 0.3 is 0 Å². The summed E-state index contributed by atoms with van der Waals surface area (Å²) in [5.41, 5.74) is 0.717. The Kier molecular flexibility index (Phi) is 5.44. The summed E-state index contributed by atoms with van der Waals surface area (Å²) in [5.74, 6) is 3.64. The standard InChI is InChI=1S/C11H16BrN3OS2/c1-2-15-11(16)10(12)9(6-14-15)13-5-8-7-17-3-4-18-8/h6,8,13H,2-5,7H2,1H3. The monoisotopic (exact) mass is 349 g/mol. The number of aromatic nitrogens is 2. The van der Waals surface area contributed by atoms with Crippen molar-refractivity contribution in [1.29, 1.82) is 0 Å². The van der Waals surface area contributed by atoms with Crippen molar-refractivity contribution in [3.8, 4) is 0 Å². The fourth-order valence-corrected chi connectivity index (χ4v) is 4.75. The van der Waals surface area contributed by atoms with Crippen LogP contribution in [0.1, 0.15) is 6.92 Å². The van der Waals surface area contributed by atoms with E-state index in [9.17, 15) is 4.79 Å². The minimum atomic E-state index is -0.0758. The molecule has 2 heterocycles. The molecule has 1 fully saturated rings. The Hall–Kier alpha value is -0.140. The maximum Gasteiger partial charge on any atom is 0.283 e. The minimum absolute atomic E-state index is 0.0758. The largest absolute Gasteiger partial charge is 0.382 e. The van der Waals surface area contributed by atoms with Gasteiger partial charge in [0.2, 0.25) is 0 Å². The molecule has 0 amide bonds. The van der Waals surface area contributed by atoms with Crippen molar-refractivity contribution in [2.75, 3.05) is 29.1 Å². The van der Waals surface area contributed by atoms with E-state index in [4.69, 9.17) is 0 Å². The third kappa shape index (κ3) is 3.45. The number of hydrogen-bond acceptors (Lipinski definition) is 5. The van der Waals surface area contributed by atoms with Gasteiger partial charge in [0.15, 0.2) is 0 Å². The maximum absolute atomic E-state index is 11.9. The van der Waals surface area contributed by atoms with E-state index in [2.05, 4.69) is 26.3 Å². The summed E-state index contributed by atoms with van der Waals surface area (Å²) in [6.45, 7) is 3.38. The third-order valence-electron chi connectivity index (χ3n) is 2.69. The molecular weight excluding hydrogens is 334 g/mol. The summed E-state index contributed by atoms with van der Waals surface area (Å²) in [5, 5.41) is 8.05. The lowest BCUT2D eigenvalue weighted by Crippen LogP contribution is -2.27. The number of rotatable bonds is 4. The summed E-state index contributed by atoms with van der Waals surface area (Å²) in [6, 6.07) is 0. The molecule has 1 aromatic heterocycles. The molecule has 0 spiro atoms. The average molecular weight is 350 g/mol. The summed E-state index contributed by atoms with van der Waals surface area (Å²) in [6.07, 6.45) is 1.72. The van der Waals surface area contributed by atoms with Crippen LogP contribution in [-0.4, -0.2) is 38.8 Å². The van der Waals surface area contributed by atoms with Gasteiger partial charge in [0.25, 0.3) is 5.56 Å². The highest BCUT2D eigenvalue weighted by atomic mass is 79.9. The molecule has 100 valence electrons. The number of nitrogens with one attached hydrogen (secondary N) is 1. The first kappa shape index (κ1) is 14.3.